The number of furan rings is 1. The molecule has 1 amide bonds. The van der Waals surface area contributed by atoms with Gasteiger partial charge >= 0.3 is 12.4 Å². The van der Waals surface area contributed by atoms with Crippen LogP contribution in [-0.2, 0) is 6.18 Å². The molecule has 2 aromatic heterocycles. The summed E-state index contributed by atoms with van der Waals surface area (Å²) in [6.07, 6.45) is -7.43. The zero-order valence-electron chi connectivity index (χ0n) is 15.5. The van der Waals surface area contributed by atoms with Gasteiger partial charge in [0, 0.05) is 12.1 Å². The van der Waals surface area contributed by atoms with Crippen molar-refractivity contribution in [1.29, 1.82) is 0 Å². The van der Waals surface area contributed by atoms with Crippen LogP contribution in [0.2, 0.25) is 0 Å². The second-order valence-corrected chi connectivity index (χ2v) is 6.89. The van der Waals surface area contributed by atoms with Crippen LogP contribution in [0.5, 0.6) is 0 Å². The zero-order valence-corrected chi connectivity index (χ0v) is 15.5. The lowest BCUT2D eigenvalue weighted by Crippen LogP contribution is -2.36. The Hall–Kier alpha value is -3.44. The summed E-state index contributed by atoms with van der Waals surface area (Å²) in [5.74, 6) is -0.875. The molecule has 0 saturated carbocycles. The average molecular weight is 444 g/mol. The number of nitrogens with one attached hydrogen (secondary N) is 2. The molecule has 2 N–H and O–H groups in total. The molecule has 1 aliphatic heterocycles. The molecule has 164 valence electrons. The molecule has 1 aromatic carbocycles. The van der Waals surface area contributed by atoms with Gasteiger partial charge in [0.1, 0.15) is 17.1 Å². The predicted octanol–water partition coefficient (Wildman–Crippen LogP) is 5.41. The van der Waals surface area contributed by atoms with Gasteiger partial charge in [0.25, 0.3) is 5.91 Å². The Morgan fingerprint density at radius 2 is 1.94 bits per heavy atom. The molecule has 2 atom stereocenters. The van der Waals surface area contributed by atoms with E-state index < -0.39 is 42.3 Å². The van der Waals surface area contributed by atoms with E-state index in [4.69, 9.17) is 4.42 Å². The van der Waals surface area contributed by atoms with Crippen LogP contribution in [-0.4, -0.2) is 21.9 Å². The maximum Gasteiger partial charge on any atom is 0.416 e. The first kappa shape index (κ1) is 20.8. The third kappa shape index (κ3) is 4.09. The highest BCUT2D eigenvalue weighted by atomic mass is 19.4. The second kappa shape index (κ2) is 7.36. The molecule has 0 fully saturated rings. The highest BCUT2D eigenvalue weighted by Crippen LogP contribution is 2.44. The van der Waals surface area contributed by atoms with Crippen LogP contribution in [0.15, 0.2) is 53.3 Å². The van der Waals surface area contributed by atoms with E-state index in [9.17, 15) is 31.1 Å². The summed E-state index contributed by atoms with van der Waals surface area (Å²) < 4.78 is 85.4. The third-order valence-corrected chi connectivity index (χ3v) is 4.82. The number of carbonyl (C=O) groups is 1. The van der Waals surface area contributed by atoms with Gasteiger partial charge in [-0.2, -0.15) is 31.4 Å². The van der Waals surface area contributed by atoms with Gasteiger partial charge < -0.3 is 15.1 Å². The maximum absolute atomic E-state index is 13.6. The van der Waals surface area contributed by atoms with Gasteiger partial charge in [-0.3, -0.25) is 4.79 Å². The Bertz CT molecular complexity index is 1090. The van der Waals surface area contributed by atoms with Crippen molar-refractivity contribution < 1.29 is 35.6 Å². The molecule has 0 aliphatic carbocycles. The number of fused-ring (bicyclic) bond motifs is 1. The number of anilines is 2. The lowest BCUT2D eigenvalue weighted by molar-refractivity contribution is -0.174. The number of carbonyl (C=O) groups excluding carboxylic acids is 1. The van der Waals surface area contributed by atoms with E-state index in [0.717, 1.165) is 24.4 Å². The Labute approximate surface area is 170 Å². The number of aromatic nitrogens is 2. The average Bonchev–Trinajstić information content (AvgIpc) is 3.36. The molecular weight excluding hydrogens is 430 g/mol. The van der Waals surface area contributed by atoms with Crippen molar-refractivity contribution in [2.75, 3.05) is 10.6 Å². The highest BCUT2D eigenvalue weighted by Gasteiger charge is 2.47. The molecule has 0 spiro atoms. The van der Waals surface area contributed by atoms with Crippen molar-refractivity contribution in [1.82, 2.24) is 9.78 Å². The van der Waals surface area contributed by atoms with Crippen molar-refractivity contribution in [2.24, 2.45) is 0 Å². The van der Waals surface area contributed by atoms with Crippen LogP contribution in [0.1, 0.15) is 40.2 Å². The highest BCUT2D eigenvalue weighted by molar-refractivity contribution is 6.07. The van der Waals surface area contributed by atoms with Crippen molar-refractivity contribution in [3.63, 3.8) is 0 Å². The van der Waals surface area contributed by atoms with Gasteiger partial charge in [-0.15, -0.1) is 0 Å². The van der Waals surface area contributed by atoms with Gasteiger partial charge in [0.2, 0.25) is 0 Å². The fraction of sp³-hybridized carbons (Fsp3) is 0.263. The molecule has 3 aromatic rings. The smallest absolute Gasteiger partial charge is 0.416 e. The molecule has 0 saturated heterocycles. The minimum Gasteiger partial charge on any atom is -0.467 e. The monoisotopic (exact) mass is 444 g/mol. The summed E-state index contributed by atoms with van der Waals surface area (Å²) in [7, 11) is 0. The first-order valence-corrected chi connectivity index (χ1v) is 8.97. The van der Waals surface area contributed by atoms with Crippen molar-refractivity contribution in [3.8, 4) is 0 Å². The summed E-state index contributed by atoms with van der Waals surface area (Å²) in [4.78, 5) is 12.7. The molecule has 31 heavy (non-hydrogen) atoms. The van der Waals surface area contributed by atoms with Gasteiger partial charge in [-0.05, 0) is 30.3 Å². The first-order chi connectivity index (χ1) is 14.5. The number of benzene rings is 1. The number of hydrogen-bond donors (Lipinski definition) is 2. The van der Waals surface area contributed by atoms with E-state index in [0.29, 0.717) is 4.68 Å². The van der Waals surface area contributed by atoms with E-state index in [-0.39, 0.29) is 22.8 Å². The zero-order chi connectivity index (χ0) is 22.4. The van der Waals surface area contributed by atoms with Crippen molar-refractivity contribution >= 4 is 17.4 Å². The second-order valence-electron chi connectivity index (χ2n) is 6.89. The van der Waals surface area contributed by atoms with Crippen molar-refractivity contribution in [3.05, 3.63) is 65.7 Å². The number of halogens is 6. The van der Waals surface area contributed by atoms with Crippen LogP contribution < -0.4 is 10.6 Å². The number of hydrogen-bond acceptors (Lipinski definition) is 4. The third-order valence-electron chi connectivity index (χ3n) is 4.82. The minimum absolute atomic E-state index is 0.162. The van der Waals surface area contributed by atoms with Gasteiger partial charge in [-0.25, -0.2) is 4.68 Å². The van der Waals surface area contributed by atoms with Crippen LogP contribution in [0.3, 0.4) is 0 Å². The molecule has 12 heteroatoms. The van der Waals surface area contributed by atoms with Crippen LogP contribution in [0.25, 0.3) is 0 Å². The predicted molar refractivity (Wildman–Crippen MR) is 96.4 cm³/mol. The number of nitrogens with zero attached hydrogens (tertiary/aromatic N) is 2. The van der Waals surface area contributed by atoms with E-state index in [1.165, 1.54) is 24.5 Å². The van der Waals surface area contributed by atoms with E-state index in [2.05, 4.69) is 15.7 Å². The summed E-state index contributed by atoms with van der Waals surface area (Å²) >= 11 is 0. The Morgan fingerprint density at radius 3 is 2.58 bits per heavy atom. The fourth-order valence-corrected chi connectivity index (χ4v) is 3.38. The molecule has 4 rings (SSSR count). The number of amides is 1. The van der Waals surface area contributed by atoms with Crippen molar-refractivity contribution in [2.45, 2.75) is 30.9 Å². The Kier molecular flexibility index (Phi) is 4.94. The lowest BCUT2D eigenvalue weighted by atomic mass is 10.0. The first-order valence-electron chi connectivity index (χ1n) is 8.97. The van der Waals surface area contributed by atoms with Crippen LogP contribution in [0.4, 0.5) is 37.8 Å². The lowest BCUT2D eigenvalue weighted by Gasteiger charge is -2.32. The fourth-order valence-electron chi connectivity index (χ4n) is 3.38. The molecule has 1 aliphatic rings. The topological polar surface area (TPSA) is 72.1 Å². The number of alkyl halides is 6. The summed E-state index contributed by atoms with van der Waals surface area (Å²) in [6, 6.07) is 4.02. The molecule has 0 radical (unpaired) electrons. The standard InChI is InChI=1S/C19H14F6N4O2/c20-18(21,22)10-3-1-4-11(7-10)27-17(30)12-9-26-29-15(19(23,24)25)8-13(28-16(12)29)14-5-2-6-31-14/h1-7,9,13,15,28H,8H2,(H,27,30). The van der Waals surface area contributed by atoms with E-state index in [1.54, 1.807) is 0 Å². The van der Waals surface area contributed by atoms with Crippen LogP contribution >= 0.6 is 0 Å². The van der Waals surface area contributed by atoms with Gasteiger partial charge in [-0.1, -0.05) is 6.07 Å². The Balaban J connectivity index is 1.66. The van der Waals surface area contributed by atoms with Crippen LogP contribution in [0, 0.1) is 0 Å². The quantitative estimate of drug-likeness (QED) is 0.530. The maximum atomic E-state index is 13.6. The number of rotatable bonds is 3. The van der Waals surface area contributed by atoms with Gasteiger partial charge in [0.15, 0.2) is 6.04 Å². The van der Waals surface area contributed by atoms with E-state index in [1.807, 2.05) is 0 Å². The summed E-state index contributed by atoms with van der Waals surface area (Å²) in [5.41, 5.74) is -1.39. The molecule has 6 nitrogen and oxygen atoms in total. The summed E-state index contributed by atoms with van der Waals surface area (Å²) in [6.45, 7) is 0. The SMILES string of the molecule is O=C(Nc1cccc(C(F)(F)F)c1)c1cnn2c1NC(c1ccco1)CC2C(F)(F)F. The molecule has 3 heterocycles. The minimum atomic E-state index is -4.65. The molecular formula is C19H14F6N4O2. The largest absolute Gasteiger partial charge is 0.467 e. The normalized spacial score (nSPS) is 18.9. The summed E-state index contributed by atoms with van der Waals surface area (Å²) in [5, 5.41) is 8.79. The van der Waals surface area contributed by atoms with E-state index >= 15 is 0 Å². The van der Waals surface area contributed by atoms with Gasteiger partial charge in [0.05, 0.1) is 24.1 Å². The molecule has 2 unspecified atom stereocenters. The Morgan fingerprint density at radius 1 is 1.16 bits per heavy atom. The molecule has 0 bridgehead atoms.